The Hall–Kier alpha value is -0.820. The molecule has 2 N–H and O–H groups in total. The summed E-state index contributed by atoms with van der Waals surface area (Å²) in [7, 11) is -2.04. The van der Waals surface area contributed by atoms with Crippen molar-refractivity contribution < 1.29 is 13.2 Å². The molecule has 0 radical (unpaired) electrons. The van der Waals surface area contributed by atoms with Crippen LogP contribution in [-0.4, -0.2) is 39.5 Å². The first-order valence-electron chi connectivity index (χ1n) is 5.48. The number of nitrogens with two attached hydrogens (primary N) is 1. The largest absolute Gasteiger partial charge is 0.397 e. The van der Waals surface area contributed by atoms with E-state index in [1.807, 2.05) is 6.92 Å². The van der Waals surface area contributed by atoms with Gasteiger partial charge in [0.25, 0.3) is 0 Å². The molecule has 1 aromatic carbocycles. The van der Waals surface area contributed by atoms with Crippen LogP contribution in [0, 0.1) is 0 Å². The van der Waals surface area contributed by atoms with Crippen LogP contribution in [0.1, 0.15) is 6.92 Å². The van der Waals surface area contributed by atoms with Crippen molar-refractivity contribution in [1.82, 2.24) is 4.31 Å². The molecular weight excluding hydrogens is 276 g/mol. The first-order valence-corrected chi connectivity index (χ1v) is 7.30. The van der Waals surface area contributed by atoms with Gasteiger partial charge in [0.2, 0.25) is 10.0 Å². The average molecular weight is 293 g/mol. The molecule has 0 atom stereocenters. The lowest BCUT2D eigenvalue weighted by Crippen LogP contribution is -2.30. The molecule has 102 valence electrons. The van der Waals surface area contributed by atoms with Crippen molar-refractivity contribution in [2.45, 2.75) is 11.8 Å². The molecule has 0 saturated carbocycles. The van der Waals surface area contributed by atoms with Crippen molar-refractivity contribution >= 4 is 27.3 Å². The van der Waals surface area contributed by atoms with Gasteiger partial charge in [-0.3, -0.25) is 0 Å². The molecule has 7 heteroatoms. The van der Waals surface area contributed by atoms with Crippen LogP contribution in [-0.2, 0) is 14.8 Å². The van der Waals surface area contributed by atoms with Gasteiger partial charge in [0.1, 0.15) is 0 Å². The van der Waals surface area contributed by atoms with Crippen molar-refractivity contribution in [3.05, 3.63) is 23.2 Å². The summed E-state index contributed by atoms with van der Waals surface area (Å²) in [5.74, 6) is 0. The maximum Gasteiger partial charge on any atom is 0.242 e. The van der Waals surface area contributed by atoms with Crippen molar-refractivity contribution in [1.29, 1.82) is 0 Å². The summed E-state index contributed by atoms with van der Waals surface area (Å²) in [6, 6.07) is 4.26. The predicted molar refractivity (Wildman–Crippen MR) is 72.2 cm³/mol. The summed E-state index contributed by atoms with van der Waals surface area (Å²) in [4.78, 5) is 0.128. The minimum atomic E-state index is -3.54. The van der Waals surface area contributed by atoms with Gasteiger partial charge >= 0.3 is 0 Å². The van der Waals surface area contributed by atoms with Gasteiger partial charge in [-0.2, -0.15) is 4.31 Å². The van der Waals surface area contributed by atoms with Crippen LogP contribution in [0.25, 0.3) is 0 Å². The lowest BCUT2D eigenvalue weighted by molar-refractivity contribution is 0.138. The van der Waals surface area contributed by atoms with Crippen LogP contribution in [0.2, 0.25) is 5.02 Å². The number of anilines is 1. The zero-order valence-electron chi connectivity index (χ0n) is 10.4. The maximum atomic E-state index is 12.2. The Morgan fingerprint density at radius 1 is 1.44 bits per heavy atom. The van der Waals surface area contributed by atoms with Crippen molar-refractivity contribution in [2.24, 2.45) is 0 Å². The highest BCUT2D eigenvalue weighted by molar-refractivity contribution is 7.89. The molecule has 0 amide bonds. The molecule has 0 aliphatic carbocycles. The number of likely N-dealkylation sites (N-methyl/N-ethyl adjacent to an activating group) is 1. The molecular formula is C11H17ClN2O3S. The van der Waals surface area contributed by atoms with E-state index in [-0.39, 0.29) is 10.6 Å². The molecule has 0 bridgehead atoms. The van der Waals surface area contributed by atoms with Crippen LogP contribution < -0.4 is 5.73 Å². The number of nitrogen functional groups attached to an aromatic ring is 1. The molecule has 1 aromatic rings. The van der Waals surface area contributed by atoms with E-state index in [1.54, 1.807) is 0 Å². The molecule has 0 unspecified atom stereocenters. The smallest absolute Gasteiger partial charge is 0.242 e. The second kappa shape index (κ2) is 6.38. The van der Waals surface area contributed by atoms with Crippen LogP contribution >= 0.6 is 11.6 Å². The zero-order chi connectivity index (χ0) is 13.8. The fraction of sp³-hybridized carbons (Fsp3) is 0.455. The fourth-order valence-electron chi connectivity index (χ4n) is 1.32. The third-order valence-electron chi connectivity index (χ3n) is 2.43. The number of halogens is 1. The highest BCUT2D eigenvalue weighted by Gasteiger charge is 2.21. The molecule has 0 heterocycles. The highest BCUT2D eigenvalue weighted by atomic mass is 35.5. The quantitative estimate of drug-likeness (QED) is 0.638. The number of sulfonamides is 1. The Bertz CT molecular complexity index is 505. The molecule has 0 spiro atoms. The van der Waals surface area contributed by atoms with E-state index in [2.05, 4.69) is 0 Å². The summed E-state index contributed by atoms with van der Waals surface area (Å²) >= 11 is 5.76. The molecule has 0 aliphatic rings. The normalized spacial score (nSPS) is 12.0. The monoisotopic (exact) mass is 292 g/mol. The van der Waals surface area contributed by atoms with E-state index in [4.69, 9.17) is 22.1 Å². The SMILES string of the molecule is CCOCCN(C)S(=O)(=O)c1ccc(Cl)c(N)c1. The average Bonchev–Trinajstić information content (AvgIpc) is 2.32. The van der Waals surface area contributed by atoms with Gasteiger partial charge in [-0.25, -0.2) is 8.42 Å². The summed E-state index contributed by atoms with van der Waals surface area (Å²) in [6.45, 7) is 3.06. The Labute approximate surface area is 113 Å². The second-order valence-electron chi connectivity index (χ2n) is 3.71. The lowest BCUT2D eigenvalue weighted by Gasteiger charge is -2.17. The zero-order valence-corrected chi connectivity index (χ0v) is 12.0. The standard InChI is InChI=1S/C11H17ClN2O3S/c1-3-17-7-6-14(2)18(15,16)9-4-5-10(12)11(13)8-9/h4-5,8H,3,6-7,13H2,1-2H3. The van der Waals surface area contributed by atoms with Gasteiger partial charge in [0.05, 0.1) is 22.2 Å². The van der Waals surface area contributed by atoms with E-state index in [9.17, 15) is 8.42 Å². The molecule has 1 rings (SSSR count). The third kappa shape index (κ3) is 3.58. The third-order valence-corrected chi connectivity index (χ3v) is 4.63. The van der Waals surface area contributed by atoms with Crippen molar-refractivity contribution in [2.75, 3.05) is 32.5 Å². The van der Waals surface area contributed by atoms with E-state index in [1.165, 1.54) is 29.6 Å². The number of nitrogens with zero attached hydrogens (tertiary/aromatic N) is 1. The van der Waals surface area contributed by atoms with Gasteiger partial charge in [0, 0.05) is 20.2 Å². The van der Waals surface area contributed by atoms with Crippen LogP contribution in [0.4, 0.5) is 5.69 Å². The number of benzene rings is 1. The summed E-state index contributed by atoms with van der Waals surface area (Å²) in [5, 5.41) is 0.339. The second-order valence-corrected chi connectivity index (χ2v) is 6.16. The molecule has 18 heavy (non-hydrogen) atoms. The Balaban J connectivity index is 2.88. The lowest BCUT2D eigenvalue weighted by atomic mass is 10.3. The van der Waals surface area contributed by atoms with E-state index >= 15 is 0 Å². The first-order chi connectivity index (χ1) is 8.39. The summed E-state index contributed by atoms with van der Waals surface area (Å²) in [5.41, 5.74) is 5.85. The topological polar surface area (TPSA) is 72.6 Å². The predicted octanol–water partition coefficient (Wildman–Crippen LogP) is 1.58. The van der Waals surface area contributed by atoms with Gasteiger partial charge < -0.3 is 10.5 Å². The number of rotatable bonds is 6. The molecule has 0 saturated heterocycles. The van der Waals surface area contributed by atoms with E-state index < -0.39 is 10.0 Å². The Morgan fingerprint density at radius 2 is 2.11 bits per heavy atom. The van der Waals surface area contributed by atoms with E-state index in [0.29, 0.717) is 24.8 Å². The van der Waals surface area contributed by atoms with Gasteiger partial charge in [0.15, 0.2) is 0 Å². The Morgan fingerprint density at radius 3 is 2.67 bits per heavy atom. The van der Waals surface area contributed by atoms with Crippen LogP contribution in [0.5, 0.6) is 0 Å². The van der Waals surface area contributed by atoms with Gasteiger partial charge in [-0.1, -0.05) is 11.6 Å². The number of ether oxygens (including phenoxy) is 1. The maximum absolute atomic E-state index is 12.2. The summed E-state index contributed by atoms with van der Waals surface area (Å²) in [6.07, 6.45) is 0. The number of hydrogen-bond donors (Lipinski definition) is 1. The van der Waals surface area contributed by atoms with Gasteiger partial charge in [-0.15, -0.1) is 0 Å². The highest BCUT2D eigenvalue weighted by Crippen LogP contribution is 2.23. The molecule has 0 aromatic heterocycles. The van der Waals surface area contributed by atoms with Crippen LogP contribution in [0.3, 0.4) is 0 Å². The van der Waals surface area contributed by atoms with Crippen LogP contribution in [0.15, 0.2) is 23.1 Å². The minimum Gasteiger partial charge on any atom is -0.397 e. The minimum absolute atomic E-state index is 0.128. The molecule has 5 nitrogen and oxygen atoms in total. The Kier molecular flexibility index (Phi) is 5.40. The fourth-order valence-corrected chi connectivity index (χ4v) is 2.63. The summed E-state index contributed by atoms with van der Waals surface area (Å²) < 4.78 is 30.7. The van der Waals surface area contributed by atoms with E-state index in [0.717, 1.165) is 0 Å². The molecule has 0 aliphatic heterocycles. The van der Waals surface area contributed by atoms with Gasteiger partial charge in [-0.05, 0) is 25.1 Å². The van der Waals surface area contributed by atoms with Crippen molar-refractivity contribution in [3.63, 3.8) is 0 Å². The molecule has 0 fully saturated rings. The first kappa shape index (κ1) is 15.2. The number of hydrogen-bond acceptors (Lipinski definition) is 4. The van der Waals surface area contributed by atoms with Crippen molar-refractivity contribution in [3.8, 4) is 0 Å².